The van der Waals surface area contributed by atoms with Gasteiger partial charge in [-0.25, -0.2) is 0 Å². The highest BCUT2D eigenvalue weighted by Gasteiger charge is 2.41. The molecule has 18 heavy (non-hydrogen) atoms. The van der Waals surface area contributed by atoms with E-state index < -0.39 is 8.67 Å². The molecular formula is C10H12Cl6Si2. The molecule has 0 aliphatic carbocycles. The van der Waals surface area contributed by atoms with Crippen LogP contribution < -0.4 is 0 Å². The second-order valence-electron chi connectivity index (χ2n) is 4.02. The molecule has 0 saturated carbocycles. The van der Waals surface area contributed by atoms with Crippen LogP contribution in [0.15, 0.2) is 24.3 Å². The average Bonchev–Trinajstić information content (AvgIpc) is 2.28. The SMILES string of the molecule is [SiH3]C(Cl)C(Cl)(Cl)c1ccccc1C(Cl)(Cl)C([SiH3])Cl. The highest BCUT2D eigenvalue weighted by Crippen LogP contribution is 2.48. The van der Waals surface area contributed by atoms with Crippen LogP contribution >= 0.6 is 69.6 Å². The Hall–Kier alpha value is 1.39. The van der Waals surface area contributed by atoms with E-state index in [1.807, 2.05) is 12.1 Å². The van der Waals surface area contributed by atoms with Gasteiger partial charge in [0, 0.05) is 20.5 Å². The molecule has 1 rings (SSSR count). The highest BCUT2D eigenvalue weighted by atomic mass is 35.5. The molecule has 0 nitrogen and oxygen atoms in total. The quantitative estimate of drug-likeness (QED) is 0.538. The molecule has 0 bridgehead atoms. The molecule has 0 aliphatic rings. The van der Waals surface area contributed by atoms with Gasteiger partial charge in [0.2, 0.25) is 0 Å². The first-order valence-electron chi connectivity index (χ1n) is 5.25. The lowest BCUT2D eigenvalue weighted by atomic mass is 10.0. The third-order valence-corrected chi connectivity index (χ3v) is 9.07. The molecule has 0 aromatic heterocycles. The molecule has 2 atom stereocenters. The molecule has 2 unspecified atom stereocenters. The van der Waals surface area contributed by atoms with Crippen molar-refractivity contribution in [3.05, 3.63) is 35.4 Å². The Morgan fingerprint density at radius 2 is 1.06 bits per heavy atom. The monoisotopic (exact) mass is 398 g/mol. The summed E-state index contributed by atoms with van der Waals surface area (Å²) < 4.78 is -2.43. The van der Waals surface area contributed by atoms with Crippen molar-refractivity contribution in [1.29, 1.82) is 0 Å². The Kier molecular flexibility index (Phi) is 6.24. The van der Waals surface area contributed by atoms with E-state index in [0.29, 0.717) is 31.6 Å². The van der Waals surface area contributed by atoms with Gasteiger partial charge in [-0.1, -0.05) is 70.7 Å². The van der Waals surface area contributed by atoms with Gasteiger partial charge in [0.15, 0.2) is 8.67 Å². The van der Waals surface area contributed by atoms with Crippen molar-refractivity contribution in [3.63, 3.8) is 0 Å². The van der Waals surface area contributed by atoms with E-state index in [-0.39, 0.29) is 10.0 Å². The van der Waals surface area contributed by atoms with Crippen molar-refractivity contribution in [1.82, 2.24) is 0 Å². The lowest BCUT2D eigenvalue weighted by molar-refractivity contribution is 0.848. The van der Waals surface area contributed by atoms with Crippen molar-refractivity contribution >= 4 is 90.1 Å². The minimum atomic E-state index is -1.22. The molecule has 8 heteroatoms. The molecular weight excluding hydrogens is 389 g/mol. The fourth-order valence-corrected chi connectivity index (χ4v) is 3.01. The lowest BCUT2D eigenvalue weighted by Crippen LogP contribution is -2.31. The number of rotatable bonds is 4. The molecule has 0 radical (unpaired) electrons. The van der Waals surface area contributed by atoms with Gasteiger partial charge in [0.05, 0.1) is 10.0 Å². The van der Waals surface area contributed by atoms with E-state index in [0.717, 1.165) is 0 Å². The van der Waals surface area contributed by atoms with E-state index in [4.69, 9.17) is 69.6 Å². The van der Waals surface area contributed by atoms with Crippen LogP contribution in [0.2, 0.25) is 0 Å². The minimum Gasteiger partial charge on any atom is -0.124 e. The summed E-state index contributed by atoms with van der Waals surface area (Å²) >= 11 is 37.5. The van der Waals surface area contributed by atoms with E-state index in [2.05, 4.69) is 0 Å². The molecule has 0 N–H and O–H groups in total. The molecule has 0 heterocycles. The van der Waals surface area contributed by atoms with Crippen LogP contribution in [0.3, 0.4) is 0 Å². The molecule has 102 valence electrons. The summed E-state index contributed by atoms with van der Waals surface area (Å²) in [5.74, 6) is 0. The summed E-state index contributed by atoms with van der Waals surface area (Å²) in [7, 11) is 1.27. The largest absolute Gasteiger partial charge is 0.156 e. The van der Waals surface area contributed by atoms with Crippen LogP contribution in [-0.2, 0) is 8.67 Å². The fourth-order valence-electron chi connectivity index (χ4n) is 1.49. The Bertz CT molecular complexity index is 380. The molecule has 0 saturated heterocycles. The Morgan fingerprint density at radius 1 is 0.778 bits per heavy atom. The van der Waals surface area contributed by atoms with Crippen molar-refractivity contribution in [2.45, 2.75) is 18.7 Å². The van der Waals surface area contributed by atoms with Crippen molar-refractivity contribution < 1.29 is 0 Å². The molecule has 0 amide bonds. The van der Waals surface area contributed by atoms with Crippen LogP contribution in [0.25, 0.3) is 0 Å². The molecule has 0 spiro atoms. The van der Waals surface area contributed by atoms with Crippen LogP contribution in [0.4, 0.5) is 0 Å². The molecule has 1 aromatic carbocycles. The Labute approximate surface area is 143 Å². The van der Waals surface area contributed by atoms with Crippen LogP contribution in [0, 0.1) is 0 Å². The first-order valence-corrected chi connectivity index (χ1v) is 9.95. The van der Waals surface area contributed by atoms with Crippen LogP contribution in [-0.4, -0.2) is 30.5 Å². The molecule has 0 fully saturated rings. The number of halogens is 6. The van der Waals surface area contributed by atoms with Crippen molar-refractivity contribution in [3.8, 4) is 0 Å². The maximum Gasteiger partial charge on any atom is 0.156 e. The number of hydrogen-bond acceptors (Lipinski definition) is 0. The zero-order valence-electron chi connectivity index (χ0n) is 9.73. The molecule has 0 aliphatic heterocycles. The zero-order valence-corrected chi connectivity index (χ0v) is 18.3. The summed E-state index contributed by atoms with van der Waals surface area (Å²) in [6.07, 6.45) is 0. The van der Waals surface area contributed by atoms with Gasteiger partial charge < -0.3 is 0 Å². The summed E-state index contributed by atoms with van der Waals surface area (Å²) in [4.78, 5) is 0. The third kappa shape index (κ3) is 3.53. The Morgan fingerprint density at radius 3 is 1.28 bits per heavy atom. The topological polar surface area (TPSA) is 0 Å². The zero-order chi connectivity index (χ0) is 14.1. The van der Waals surface area contributed by atoms with Gasteiger partial charge in [-0.15, -0.1) is 23.2 Å². The number of alkyl halides is 6. The van der Waals surface area contributed by atoms with E-state index >= 15 is 0 Å². The van der Waals surface area contributed by atoms with Gasteiger partial charge in [-0.3, -0.25) is 0 Å². The minimum absolute atomic E-state index is 0.367. The highest BCUT2D eigenvalue weighted by molar-refractivity contribution is 6.60. The van der Waals surface area contributed by atoms with E-state index in [1.165, 1.54) is 0 Å². The van der Waals surface area contributed by atoms with Crippen LogP contribution in [0.5, 0.6) is 0 Å². The van der Waals surface area contributed by atoms with Gasteiger partial charge in [0.25, 0.3) is 0 Å². The van der Waals surface area contributed by atoms with E-state index in [9.17, 15) is 0 Å². The van der Waals surface area contributed by atoms with E-state index in [1.54, 1.807) is 12.1 Å². The maximum absolute atomic E-state index is 6.33. The number of hydrogen-bond donors (Lipinski definition) is 0. The summed E-state index contributed by atoms with van der Waals surface area (Å²) in [6.45, 7) is 0. The average molecular weight is 401 g/mol. The van der Waals surface area contributed by atoms with Gasteiger partial charge in [-0.2, -0.15) is 0 Å². The fraction of sp³-hybridized carbons (Fsp3) is 0.400. The smallest absolute Gasteiger partial charge is 0.124 e. The third-order valence-electron chi connectivity index (χ3n) is 2.64. The molecule has 1 aromatic rings. The first-order chi connectivity index (χ1) is 8.11. The summed E-state index contributed by atoms with van der Waals surface area (Å²) in [6, 6.07) is 7.20. The predicted octanol–water partition coefficient (Wildman–Crippen LogP) is 2.81. The Balaban J connectivity index is 3.41. The van der Waals surface area contributed by atoms with Gasteiger partial charge in [-0.05, 0) is 11.1 Å². The van der Waals surface area contributed by atoms with Crippen LogP contribution in [0.1, 0.15) is 11.1 Å². The second kappa shape index (κ2) is 6.44. The lowest BCUT2D eigenvalue weighted by Gasteiger charge is -2.31. The van der Waals surface area contributed by atoms with Crippen molar-refractivity contribution in [2.24, 2.45) is 0 Å². The van der Waals surface area contributed by atoms with Gasteiger partial charge in [0.1, 0.15) is 0 Å². The second-order valence-corrected chi connectivity index (χ2v) is 11.9. The van der Waals surface area contributed by atoms with Crippen molar-refractivity contribution in [2.75, 3.05) is 0 Å². The van der Waals surface area contributed by atoms with Gasteiger partial charge >= 0.3 is 0 Å². The summed E-state index contributed by atoms with van der Waals surface area (Å²) in [5, 5.41) is -0.733. The normalized spacial score (nSPS) is 16.8. The number of benzene rings is 1. The predicted molar refractivity (Wildman–Crippen MR) is 92.4 cm³/mol. The summed E-state index contributed by atoms with van der Waals surface area (Å²) in [5.41, 5.74) is 1.24. The maximum atomic E-state index is 6.33. The first kappa shape index (κ1) is 17.4. The standard InChI is InChI=1S/C10H12Cl6Si2/c11-7(17)9(13,14)5-3-1-2-4-6(5)10(15,16)8(12)18/h1-4,7-8H,17-18H3.